The lowest BCUT2D eigenvalue weighted by Gasteiger charge is -1.98. The van der Waals surface area contributed by atoms with E-state index in [0.717, 1.165) is 30.3 Å². The van der Waals surface area contributed by atoms with Gasteiger partial charge in [-0.05, 0) is 37.1 Å². The van der Waals surface area contributed by atoms with Crippen molar-refractivity contribution in [1.29, 1.82) is 0 Å². The molecule has 2 aromatic rings. The van der Waals surface area contributed by atoms with Crippen LogP contribution in [0.4, 0.5) is 0 Å². The molecule has 17 heavy (non-hydrogen) atoms. The molecular weight excluding hydrogens is 296 g/mol. The van der Waals surface area contributed by atoms with Gasteiger partial charge in [0.15, 0.2) is 0 Å². The second-order valence-corrected chi connectivity index (χ2v) is 6.03. The SMILES string of the molecule is NCCCc1cnc(Cc2cccc(Br)c2)s1. The molecule has 0 fully saturated rings. The van der Waals surface area contributed by atoms with Crippen molar-refractivity contribution in [3.05, 3.63) is 50.4 Å². The Morgan fingerprint density at radius 2 is 2.24 bits per heavy atom. The van der Waals surface area contributed by atoms with Crippen LogP contribution in [0.25, 0.3) is 0 Å². The van der Waals surface area contributed by atoms with E-state index >= 15 is 0 Å². The lowest BCUT2D eigenvalue weighted by Crippen LogP contribution is -1.99. The minimum absolute atomic E-state index is 0.749. The molecule has 0 bridgehead atoms. The van der Waals surface area contributed by atoms with Gasteiger partial charge in [-0.2, -0.15) is 0 Å². The summed E-state index contributed by atoms with van der Waals surface area (Å²) in [6, 6.07) is 8.37. The van der Waals surface area contributed by atoms with Crippen molar-refractivity contribution in [1.82, 2.24) is 4.98 Å². The zero-order valence-electron chi connectivity index (χ0n) is 9.53. The van der Waals surface area contributed by atoms with Crippen molar-refractivity contribution >= 4 is 27.3 Å². The number of benzene rings is 1. The minimum atomic E-state index is 0.749. The Hall–Kier alpha value is -0.710. The van der Waals surface area contributed by atoms with Gasteiger partial charge in [-0.25, -0.2) is 4.98 Å². The molecular formula is C13H15BrN2S. The zero-order chi connectivity index (χ0) is 12.1. The second-order valence-electron chi connectivity index (χ2n) is 3.92. The smallest absolute Gasteiger partial charge is 0.0971 e. The summed E-state index contributed by atoms with van der Waals surface area (Å²) >= 11 is 5.28. The Morgan fingerprint density at radius 3 is 3.00 bits per heavy atom. The fraction of sp³-hybridized carbons (Fsp3) is 0.308. The summed E-state index contributed by atoms with van der Waals surface area (Å²) in [5, 5.41) is 1.18. The molecule has 0 amide bonds. The third-order valence-electron chi connectivity index (χ3n) is 2.47. The van der Waals surface area contributed by atoms with Crippen LogP contribution in [-0.2, 0) is 12.8 Å². The van der Waals surface area contributed by atoms with Crippen molar-refractivity contribution in [3.63, 3.8) is 0 Å². The van der Waals surface area contributed by atoms with E-state index < -0.39 is 0 Å². The first kappa shape index (κ1) is 12.7. The van der Waals surface area contributed by atoms with Gasteiger partial charge in [-0.15, -0.1) is 11.3 Å². The number of nitrogens with zero attached hydrogens (tertiary/aromatic N) is 1. The van der Waals surface area contributed by atoms with Gasteiger partial charge >= 0.3 is 0 Å². The monoisotopic (exact) mass is 310 g/mol. The van der Waals surface area contributed by atoms with Crippen molar-refractivity contribution in [2.45, 2.75) is 19.3 Å². The largest absolute Gasteiger partial charge is 0.330 e. The highest BCUT2D eigenvalue weighted by Crippen LogP contribution is 2.20. The molecule has 2 nitrogen and oxygen atoms in total. The topological polar surface area (TPSA) is 38.9 Å². The number of aryl methyl sites for hydroxylation is 1. The van der Waals surface area contributed by atoms with Gasteiger partial charge in [0.2, 0.25) is 0 Å². The molecule has 0 radical (unpaired) electrons. The van der Waals surface area contributed by atoms with Gasteiger partial charge in [0.05, 0.1) is 5.01 Å². The number of rotatable bonds is 5. The Labute approximate surface area is 114 Å². The number of hydrogen-bond donors (Lipinski definition) is 1. The van der Waals surface area contributed by atoms with Gasteiger partial charge in [0.25, 0.3) is 0 Å². The summed E-state index contributed by atoms with van der Waals surface area (Å²) in [4.78, 5) is 5.79. The van der Waals surface area contributed by atoms with Crippen molar-refractivity contribution in [2.75, 3.05) is 6.54 Å². The van der Waals surface area contributed by atoms with Crippen LogP contribution in [0.5, 0.6) is 0 Å². The van der Waals surface area contributed by atoms with Crippen LogP contribution in [0.15, 0.2) is 34.9 Å². The first-order valence-electron chi connectivity index (χ1n) is 5.66. The third kappa shape index (κ3) is 3.91. The Morgan fingerprint density at radius 1 is 1.35 bits per heavy atom. The normalized spacial score (nSPS) is 10.7. The molecule has 0 spiro atoms. The third-order valence-corrected chi connectivity index (χ3v) is 4.02. The highest BCUT2D eigenvalue weighted by atomic mass is 79.9. The van der Waals surface area contributed by atoms with E-state index in [-0.39, 0.29) is 0 Å². The van der Waals surface area contributed by atoms with Crippen LogP contribution in [0.3, 0.4) is 0 Å². The quantitative estimate of drug-likeness (QED) is 0.919. The standard InChI is InChI=1S/C13H15BrN2S/c14-11-4-1-3-10(7-11)8-13-16-9-12(17-13)5-2-6-15/h1,3-4,7,9H,2,5-6,8,15H2. The van der Waals surface area contributed by atoms with E-state index in [0.29, 0.717) is 0 Å². The summed E-state index contributed by atoms with van der Waals surface area (Å²) in [5.74, 6) is 0. The number of aromatic nitrogens is 1. The molecule has 0 atom stereocenters. The molecule has 1 aromatic heterocycles. The first-order chi connectivity index (χ1) is 8.28. The zero-order valence-corrected chi connectivity index (χ0v) is 11.9. The summed E-state index contributed by atoms with van der Waals surface area (Å²) in [5.41, 5.74) is 6.79. The molecule has 4 heteroatoms. The maximum Gasteiger partial charge on any atom is 0.0971 e. The molecule has 2 rings (SSSR count). The predicted octanol–water partition coefficient (Wildman–Crippen LogP) is 3.39. The summed E-state index contributed by atoms with van der Waals surface area (Å²) in [6.45, 7) is 0.749. The fourth-order valence-corrected chi connectivity index (χ4v) is 3.09. The molecule has 1 heterocycles. The lowest BCUT2D eigenvalue weighted by molar-refractivity contribution is 0.841. The van der Waals surface area contributed by atoms with Crippen LogP contribution in [0.2, 0.25) is 0 Å². The van der Waals surface area contributed by atoms with Gasteiger partial charge in [-0.1, -0.05) is 28.1 Å². The van der Waals surface area contributed by atoms with Crippen LogP contribution >= 0.6 is 27.3 Å². The molecule has 0 aliphatic carbocycles. The number of nitrogens with two attached hydrogens (primary N) is 1. The lowest BCUT2D eigenvalue weighted by atomic mass is 10.2. The van der Waals surface area contributed by atoms with E-state index in [9.17, 15) is 0 Å². The summed E-state index contributed by atoms with van der Waals surface area (Å²) < 4.78 is 1.12. The number of halogens is 1. The van der Waals surface area contributed by atoms with E-state index in [1.165, 1.54) is 15.4 Å². The molecule has 0 unspecified atom stereocenters. The molecule has 1 aromatic carbocycles. The molecule has 0 aliphatic rings. The van der Waals surface area contributed by atoms with Gasteiger partial charge in [0, 0.05) is 22.0 Å². The molecule has 0 saturated carbocycles. The Kier molecular flexibility index (Phi) is 4.71. The maximum atomic E-state index is 5.50. The predicted molar refractivity (Wildman–Crippen MR) is 76.4 cm³/mol. The van der Waals surface area contributed by atoms with Crippen LogP contribution < -0.4 is 5.73 Å². The average molecular weight is 311 g/mol. The van der Waals surface area contributed by atoms with E-state index in [1.807, 2.05) is 12.3 Å². The Bertz CT molecular complexity index is 482. The molecule has 90 valence electrons. The number of hydrogen-bond acceptors (Lipinski definition) is 3. The molecule has 2 N–H and O–H groups in total. The highest BCUT2D eigenvalue weighted by molar-refractivity contribution is 9.10. The van der Waals surface area contributed by atoms with E-state index in [4.69, 9.17) is 5.73 Å². The van der Waals surface area contributed by atoms with Gasteiger partial charge in [-0.3, -0.25) is 0 Å². The van der Waals surface area contributed by atoms with Crippen molar-refractivity contribution in [3.8, 4) is 0 Å². The van der Waals surface area contributed by atoms with E-state index in [1.54, 1.807) is 11.3 Å². The van der Waals surface area contributed by atoms with Gasteiger partial charge < -0.3 is 5.73 Å². The minimum Gasteiger partial charge on any atom is -0.330 e. The molecule has 0 saturated heterocycles. The Balaban J connectivity index is 2.01. The fourth-order valence-electron chi connectivity index (χ4n) is 1.64. The van der Waals surface area contributed by atoms with Crippen LogP contribution in [-0.4, -0.2) is 11.5 Å². The average Bonchev–Trinajstić information content (AvgIpc) is 2.74. The second kappa shape index (κ2) is 6.28. The van der Waals surface area contributed by atoms with E-state index in [2.05, 4.69) is 39.1 Å². The van der Waals surface area contributed by atoms with Gasteiger partial charge in [0.1, 0.15) is 0 Å². The summed E-state index contributed by atoms with van der Waals surface area (Å²) in [7, 11) is 0. The van der Waals surface area contributed by atoms with Crippen molar-refractivity contribution in [2.24, 2.45) is 5.73 Å². The number of thiazole rings is 1. The van der Waals surface area contributed by atoms with Crippen LogP contribution in [0.1, 0.15) is 21.9 Å². The summed E-state index contributed by atoms with van der Waals surface area (Å²) in [6.07, 6.45) is 4.98. The first-order valence-corrected chi connectivity index (χ1v) is 7.27. The maximum absolute atomic E-state index is 5.50. The van der Waals surface area contributed by atoms with Crippen LogP contribution in [0, 0.1) is 0 Å². The highest BCUT2D eigenvalue weighted by Gasteiger charge is 2.03. The van der Waals surface area contributed by atoms with Crippen molar-refractivity contribution < 1.29 is 0 Å². The molecule has 0 aliphatic heterocycles.